The molecule has 5 nitrogen and oxygen atoms in total. The lowest BCUT2D eigenvalue weighted by Gasteiger charge is -1.73. The van der Waals surface area contributed by atoms with Crippen LogP contribution in [0.15, 0.2) is 44.3 Å². The van der Waals surface area contributed by atoms with Crippen molar-refractivity contribution < 1.29 is 4.79 Å². The fourth-order valence-corrected chi connectivity index (χ4v) is 0.389. The minimum atomic E-state index is -0.481. The number of aromatic nitrogens is 2. The predicted octanol–water partition coefficient (Wildman–Crippen LogP) is 1.41. The Labute approximate surface area is 94.6 Å². The Morgan fingerprint density at radius 1 is 1.56 bits per heavy atom. The van der Waals surface area contributed by atoms with Gasteiger partial charge in [0.25, 0.3) is 0 Å². The lowest BCUT2D eigenvalue weighted by Crippen LogP contribution is -2.04. The molecule has 0 aromatic carbocycles. The first kappa shape index (κ1) is 15.8. The first-order valence-corrected chi connectivity index (χ1v) is 4.16. The van der Waals surface area contributed by atoms with Crippen LogP contribution in [0, 0.1) is 11.3 Å². The van der Waals surface area contributed by atoms with Gasteiger partial charge in [0.15, 0.2) is 0 Å². The number of amides is 1. The van der Waals surface area contributed by atoms with Crippen molar-refractivity contribution in [1.82, 2.24) is 9.97 Å². The Balaban J connectivity index is 0. The molecule has 1 rings (SSSR count). The summed E-state index contributed by atoms with van der Waals surface area (Å²) in [6.07, 6.45) is 7.36. The molecule has 16 heavy (non-hydrogen) atoms. The van der Waals surface area contributed by atoms with E-state index < -0.39 is 5.91 Å². The number of allylic oxidation sites excluding steroid dienone is 1. The fraction of sp³-hybridized carbons (Fsp3) is 0. The van der Waals surface area contributed by atoms with Gasteiger partial charge < -0.3 is 10.7 Å². The molecule has 0 saturated heterocycles. The van der Waals surface area contributed by atoms with E-state index in [-0.39, 0.29) is 0 Å². The largest absolute Gasteiger partial charge is 0.366 e. The van der Waals surface area contributed by atoms with Gasteiger partial charge in [-0.15, -0.1) is 0 Å². The van der Waals surface area contributed by atoms with Gasteiger partial charge in [0.1, 0.15) is 5.82 Å². The zero-order chi connectivity index (χ0) is 12.8. The molecule has 5 heteroatoms. The number of nitrogens with two attached hydrogens (primary N) is 1. The van der Waals surface area contributed by atoms with E-state index in [9.17, 15) is 4.79 Å². The number of primary amides is 1. The van der Waals surface area contributed by atoms with E-state index in [1.807, 2.05) is 0 Å². The predicted molar refractivity (Wildman–Crippen MR) is 63.9 cm³/mol. The number of carbonyl (C=O) groups is 1. The van der Waals surface area contributed by atoms with Gasteiger partial charge in [-0.1, -0.05) is 19.7 Å². The van der Waals surface area contributed by atoms with Gasteiger partial charge in [0.2, 0.25) is 5.91 Å². The maximum atomic E-state index is 9.47. The highest BCUT2D eigenvalue weighted by molar-refractivity contribution is 5.84. The number of nitrogens with one attached hydrogen (secondary N) is 1. The van der Waals surface area contributed by atoms with Crippen LogP contribution in [0.3, 0.4) is 0 Å². The molecular formula is C11H14N4O. The molecule has 0 spiro atoms. The molecule has 1 aromatic rings. The molecule has 0 aliphatic carbocycles. The van der Waals surface area contributed by atoms with Gasteiger partial charge in [-0.2, -0.15) is 5.26 Å². The number of H-pyrrole nitrogens is 1. The van der Waals surface area contributed by atoms with Crippen LogP contribution in [0.25, 0.3) is 6.08 Å². The Kier molecular flexibility index (Phi) is 12.3. The van der Waals surface area contributed by atoms with E-state index in [1.165, 1.54) is 6.08 Å². The van der Waals surface area contributed by atoms with E-state index in [2.05, 4.69) is 35.4 Å². The quantitative estimate of drug-likeness (QED) is 0.580. The van der Waals surface area contributed by atoms with Crippen molar-refractivity contribution in [2.75, 3.05) is 0 Å². The van der Waals surface area contributed by atoms with E-state index in [4.69, 9.17) is 5.26 Å². The maximum Gasteiger partial charge on any atom is 0.240 e. The zero-order valence-electron chi connectivity index (χ0n) is 8.89. The van der Waals surface area contributed by atoms with Crippen molar-refractivity contribution >= 4 is 12.0 Å². The van der Waals surface area contributed by atoms with Gasteiger partial charge in [0, 0.05) is 18.5 Å². The third kappa shape index (κ3) is 13.9. The second-order valence-corrected chi connectivity index (χ2v) is 2.12. The van der Waals surface area contributed by atoms with Gasteiger partial charge in [-0.25, -0.2) is 4.98 Å². The Bertz CT molecular complexity index is 360. The average Bonchev–Trinajstić information content (AvgIpc) is 2.83. The number of hydrogen-bond donors (Lipinski definition) is 2. The van der Waals surface area contributed by atoms with Crippen molar-refractivity contribution in [2.24, 2.45) is 5.73 Å². The van der Waals surface area contributed by atoms with Crippen molar-refractivity contribution in [2.45, 2.75) is 0 Å². The smallest absolute Gasteiger partial charge is 0.240 e. The van der Waals surface area contributed by atoms with Gasteiger partial charge in [-0.05, 0) is 12.2 Å². The lowest BCUT2D eigenvalue weighted by molar-refractivity contribution is -0.113. The molecule has 0 unspecified atom stereocenters. The summed E-state index contributed by atoms with van der Waals surface area (Å²) in [7, 11) is 0. The third-order valence-electron chi connectivity index (χ3n) is 1.01. The average molecular weight is 218 g/mol. The number of nitrogens with zero attached hydrogens (tertiary/aromatic N) is 2. The molecular weight excluding hydrogens is 204 g/mol. The fourth-order valence-electron chi connectivity index (χ4n) is 0.389. The van der Waals surface area contributed by atoms with Crippen LogP contribution < -0.4 is 5.73 Å². The summed E-state index contributed by atoms with van der Waals surface area (Å²) < 4.78 is 0. The Hall–Kier alpha value is -2.61. The number of hydrogen-bond acceptors (Lipinski definition) is 3. The van der Waals surface area contributed by atoms with E-state index >= 15 is 0 Å². The lowest BCUT2D eigenvalue weighted by atomic mass is 10.6. The summed E-state index contributed by atoms with van der Waals surface area (Å²) in [5.41, 5.74) is 4.53. The van der Waals surface area contributed by atoms with Crippen LogP contribution in [-0.2, 0) is 4.79 Å². The van der Waals surface area contributed by atoms with E-state index in [1.54, 1.807) is 24.5 Å². The molecule has 1 heterocycles. The van der Waals surface area contributed by atoms with Crippen molar-refractivity contribution in [1.29, 1.82) is 5.26 Å². The molecule has 84 valence electrons. The zero-order valence-corrected chi connectivity index (χ0v) is 8.89. The first-order valence-electron chi connectivity index (χ1n) is 4.16. The summed E-state index contributed by atoms with van der Waals surface area (Å²) in [5.74, 6) is 0.338. The van der Waals surface area contributed by atoms with Crippen molar-refractivity contribution in [3.63, 3.8) is 0 Å². The van der Waals surface area contributed by atoms with Crippen LogP contribution in [0.4, 0.5) is 0 Å². The van der Waals surface area contributed by atoms with Crippen molar-refractivity contribution in [3.05, 3.63) is 50.1 Å². The molecule has 0 bridgehead atoms. The summed E-state index contributed by atoms with van der Waals surface area (Å²) >= 11 is 0. The number of imidazole rings is 1. The summed E-state index contributed by atoms with van der Waals surface area (Å²) in [4.78, 5) is 16.2. The highest BCUT2D eigenvalue weighted by atomic mass is 16.1. The number of aromatic amines is 1. The normalized spacial score (nSPS) is 6.69. The number of rotatable bonds is 2. The van der Waals surface area contributed by atoms with Crippen LogP contribution in [0.5, 0.6) is 0 Å². The second-order valence-electron chi connectivity index (χ2n) is 2.12. The van der Waals surface area contributed by atoms with Crippen LogP contribution >= 0.6 is 0 Å². The Morgan fingerprint density at radius 2 is 2.06 bits per heavy atom. The molecule has 0 radical (unpaired) electrons. The van der Waals surface area contributed by atoms with E-state index in [0.717, 1.165) is 11.9 Å². The monoisotopic (exact) mass is 218 g/mol. The Morgan fingerprint density at radius 3 is 2.19 bits per heavy atom. The SMILES string of the molecule is C=CC#N.C=CC(N)=O.C=Cc1ncc[nH]1. The van der Waals surface area contributed by atoms with Gasteiger partial charge >= 0.3 is 0 Å². The van der Waals surface area contributed by atoms with Crippen LogP contribution in [0.1, 0.15) is 5.82 Å². The standard InChI is InChI=1S/C5H6N2.C3H5NO.C3H3N/c1-2-5-6-3-4-7-5;1-2-3(4)5;1-2-3-4/h2-4H,1H2,(H,6,7);2H,1H2,(H2,4,5);2H,1H2. The maximum absolute atomic E-state index is 9.47. The van der Waals surface area contributed by atoms with Crippen LogP contribution in [-0.4, -0.2) is 15.9 Å². The highest BCUT2D eigenvalue weighted by Gasteiger charge is 1.78. The van der Waals surface area contributed by atoms with E-state index in [0.29, 0.717) is 0 Å². The summed E-state index contributed by atoms with van der Waals surface area (Å²) in [5, 5.41) is 7.51. The van der Waals surface area contributed by atoms with Gasteiger partial charge in [0.05, 0.1) is 6.07 Å². The molecule has 0 fully saturated rings. The summed E-state index contributed by atoms with van der Waals surface area (Å²) in [6.45, 7) is 9.71. The minimum Gasteiger partial charge on any atom is -0.366 e. The molecule has 0 atom stereocenters. The molecule has 0 aliphatic heterocycles. The second kappa shape index (κ2) is 12.4. The highest BCUT2D eigenvalue weighted by Crippen LogP contribution is 1.85. The molecule has 3 N–H and O–H groups in total. The van der Waals surface area contributed by atoms with Crippen LogP contribution in [0.2, 0.25) is 0 Å². The molecule has 0 aliphatic rings. The number of carbonyl (C=O) groups excluding carboxylic acids is 1. The number of nitriles is 1. The summed E-state index contributed by atoms with van der Waals surface area (Å²) in [6, 6.07) is 1.69. The third-order valence-corrected chi connectivity index (χ3v) is 1.01. The molecule has 1 amide bonds. The topological polar surface area (TPSA) is 95.6 Å². The minimum absolute atomic E-state index is 0.481. The molecule has 0 saturated carbocycles. The van der Waals surface area contributed by atoms with Gasteiger partial charge in [-0.3, -0.25) is 4.79 Å². The molecule has 1 aromatic heterocycles. The van der Waals surface area contributed by atoms with Crippen molar-refractivity contribution in [3.8, 4) is 6.07 Å². The first-order chi connectivity index (χ1) is 7.62.